The van der Waals surface area contributed by atoms with Gasteiger partial charge in [0.15, 0.2) is 0 Å². The van der Waals surface area contributed by atoms with Crippen LogP contribution in [0, 0.1) is 11.7 Å². The molecule has 1 heterocycles. The third kappa shape index (κ3) is 6.10. The number of likely N-dealkylation sites (tertiary alicyclic amines) is 1. The Balaban J connectivity index is 1.40. The van der Waals surface area contributed by atoms with Gasteiger partial charge in [-0.15, -0.1) is 0 Å². The van der Waals surface area contributed by atoms with E-state index in [2.05, 4.69) is 16.0 Å². The Kier molecular flexibility index (Phi) is 7.48. The van der Waals surface area contributed by atoms with Gasteiger partial charge in [-0.3, -0.25) is 0 Å². The topological polar surface area (TPSA) is 82.7 Å². The maximum absolute atomic E-state index is 13.0. The second-order valence-electron chi connectivity index (χ2n) is 7.13. The lowest BCUT2D eigenvalue weighted by Crippen LogP contribution is -2.43. The molecule has 0 aliphatic carbocycles. The lowest BCUT2D eigenvalue weighted by atomic mass is 9.97. The number of ether oxygens (including phenoxy) is 1. The van der Waals surface area contributed by atoms with Crippen LogP contribution in [-0.2, 0) is 0 Å². The molecular formula is C22H27FN4O3. The highest BCUT2D eigenvalue weighted by Crippen LogP contribution is 2.23. The minimum atomic E-state index is -0.341. The van der Waals surface area contributed by atoms with E-state index in [0.717, 1.165) is 12.8 Å². The fraction of sp³-hybridized carbons (Fsp3) is 0.364. The first-order valence-corrected chi connectivity index (χ1v) is 10.1. The van der Waals surface area contributed by atoms with Gasteiger partial charge in [-0.2, -0.15) is 0 Å². The fourth-order valence-electron chi connectivity index (χ4n) is 3.33. The molecule has 0 aromatic heterocycles. The predicted octanol–water partition coefficient (Wildman–Crippen LogP) is 4.29. The summed E-state index contributed by atoms with van der Waals surface area (Å²) in [4.78, 5) is 26.3. The summed E-state index contributed by atoms with van der Waals surface area (Å²) in [5, 5.41) is 8.49. The molecule has 0 atom stereocenters. The molecule has 3 N–H and O–H groups in total. The zero-order valence-corrected chi connectivity index (χ0v) is 17.0. The summed E-state index contributed by atoms with van der Waals surface area (Å²) < 4.78 is 18.5. The Morgan fingerprint density at radius 2 is 1.77 bits per heavy atom. The first kappa shape index (κ1) is 21.4. The summed E-state index contributed by atoms with van der Waals surface area (Å²) in [6.07, 6.45) is 1.60. The van der Waals surface area contributed by atoms with E-state index < -0.39 is 0 Å². The number of para-hydroxylation sites is 2. The molecule has 1 aliphatic heterocycles. The molecule has 0 radical (unpaired) electrons. The second kappa shape index (κ2) is 10.5. The van der Waals surface area contributed by atoms with Gasteiger partial charge in [-0.25, -0.2) is 14.0 Å². The van der Waals surface area contributed by atoms with Crippen molar-refractivity contribution in [3.8, 4) is 5.75 Å². The number of piperidine rings is 1. The SMILES string of the molecule is CCOc1ccccc1NC(=O)NCC1CCN(C(=O)Nc2ccc(F)cc2)CC1. The van der Waals surface area contributed by atoms with E-state index in [1.807, 2.05) is 25.1 Å². The molecule has 2 aromatic rings. The van der Waals surface area contributed by atoms with Crippen molar-refractivity contribution in [2.24, 2.45) is 5.92 Å². The average Bonchev–Trinajstić information content (AvgIpc) is 2.76. The van der Waals surface area contributed by atoms with Gasteiger partial charge >= 0.3 is 12.1 Å². The molecule has 1 saturated heterocycles. The summed E-state index contributed by atoms with van der Waals surface area (Å²) in [6, 6.07) is 12.5. The minimum absolute atomic E-state index is 0.196. The lowest BCUT2D eigenvalue weighted by molar-refractivity contribution is 0.181. The van der Waals surface area contributed by atoms with Crippen LogP contribution in [0.2, 0.25) is 0 Å². The van der Waals surface area contributed by atoms with Gasteiger partial charge in [-0.1, -0.05) is 12.1 Å². The Bertz CT molecular complexity index is 852. The highest BCUT2D eigenvalue weighted by atomic mass is 19.1. The number of hydrogen-bond acceptors (Lipinski definition) is 3. The monoisotopic (exact) mass is 414 g/mol. The van der Waals surface area contributed by atoms with Crippen LogP contribution in [0.25, 0.3) is 0 Å². The van der Waals surface area contributed by atoms with Gasteiger partial charge in [0.25, 0.3) is 0 Å². The van der Waals surface area contributed by atoms with Crippen LogP contribution in [0.3, 0.4) is 0 Å². The Morgan fingerprint density at radius 1 is 1.07 bits per heavy atom. The Labute approximate surface area is 175 Å². The summed E-state index contributed by atoms with van der Waals surface area (Å²) >= 11 is 0. The van der Waals surface area contributed by atoms with Gasteiger partial charge in [0, 0.05) is 25.3 Å². The quantitative estimate of drug-likeness (QED) is 0.659. The number of urea groups is 2. The van der Waals surface area contributed by atoms with Crippen molar-refractivity contribution in [2.75, 3.05) is 36.9 Å². The maximum atomic E-state index is 13.0. The van der Waals surface area contributed by atoms with E-state index in [9.17, 15) is 14.0 Å². The zero-order chi connectivity index (χ0) is 21.3. The van der Waals surface area contributed by atoms with Crippen molar-refractivity contribution in [3.63, 3.8) is 0 Å². The van der Waals surface area contributed by atoms with E-state index in [1.165, 1.54) is 24.3 Å². The number of benzene rings is 2. The number of halogens is 1. The van der Waals surface area contributed by atoms with Crippen LogP contribution in [0.4, 0.5) is 25.4 Å². The number of carbonyl (C=O) groups excluding carboxylic acids is 2. The molecular weight excluding hydrogens is 387 g/mol. The molecule has 0 unspecified atom stereocenters. The van der Waals surface area contributed by atoms with Crippen LogP contribution in [0.15, 0.2) is 48.5 Å². The van der Waals surface area contributed by atoms with E-state index in [0.29, 0.717) is 49.3 Å². The highest BCUT2D eigenvalue weighted by Gasteiger charge is 2.23. The standard InChI is InChI=1S/C22H27FN4O3/c1-2-30-20-6-4-3-5-19(20)26-21(28)24-15-16-11-13-27(14-12-16)22(29)25-18-9-7-17(23)8-10-18/h3-10,16H,2,11-15H2,1H3,(H,25,29)(H2,24,26,28). The molecule has 0 spiro atoms. The van der Waals surface area contributed by atoms with E-state index >= 15 is 0 Å². The van der Waals surface area contributed by atoms with Crippen LogP contribution >= 0.6 is 0 Å². The van der Waals surface area contributed by atoms with Crippen molar-refractivity contribution in [1.29, 1.82) is 0 Å². The van der Waals surface area contributed by atoms with E-state index in [1.54, 1.807) is 11.0 Å². The molecule has 2 aromatic carbocycles. The second-order valence-corrected chi connectivity index (χ2v) is 7.13. The molecule has 1 fully saturated rings. The molecule has 30 heavy (non-hydrogen) atoms. The Morgan fingerprint density at radius 3 is 2.47 bits per heavy atom. The van der Waals surface area contributed by atoms with Gasteiger partial charge in [0.1, 0.15) is 11.6 Å². The molecule has 160 valence electrons. The van der Waals surface area contributed by atoms with Gasteiger partial charge in [-0.05, 0) is 62.1 Å². The number of hydrogen-bond donors (Lipinski definition) is 3. The van der Waals surface area contributed by atoms with Crippen molar-refractivity contribution < 1.29 is 18.7 Å². The van der Waals surface area contributed by atoms with Crippen LogP contribution in [0.1, 0.15) is 19.8 Å². The number of nitrogens with one attached hydrogen (secondary N) is 3. The van der Waals surface area contributed by atoms with Crippen molar-refractivity contribution in [3.05, 3.63) is 54.3 Å². The van der Waals surface area contributed by atoms with Crippen LogP contribution < -0.4 is 20.7 Å². The first-order valence-electron chi connectivity index (χ1n) is 10.1. The maximum Gasteiger partial charge on any atom is 0.321 e. The summed E-state index contributed by atoms with van der Waals surface area (Å²) in [5.74, 6) is 0.593. The van der Waals surface area contributed by atoms with Crippen molar-refractivity contribution in [1.82, 2.24) is 10.2 Å². The largest absolute Gasteiger partial charge is 0.492 e. The summed E-state index contributed by atoms with van der Waals surface area (Å²) in [5.41, 5.74) is 1.19. The lowest BCUT2D eigenvalue weighted by Gasteiger charge is -2.32. The predicted molar refractivity (Wildman–Crippen MR) is 114 cm³/mol. The molecule has 4 amide bonds. The molecule has 8 heteroatoms. The molecule has 1 aliphatic rings. The fourth-order valence-corrected chi connectivity index (χ4v) is 3.33. The number of anilines is 2. The van der Waals surface area contributed by atoms with Crippen molar-refractivity contribution >= 4 is 23.4 Å². The Hall–Kier alpha value is -3.29. The van der Waals surface area contributed by atoms with Gasteiger partial charge < -0.3 is 25.6 Å². The minimum Gasteiger partial charge on any atom is -0.492 e. The molecule has 0 bridgehead atoms. The van der Waals surface area contributed by atoms with Gasteiger partial charge in [0.05, 0.1) is 12.3 Å². The average molecular weight is 414 g/mol. The third-order valence-corrected chi connectivity index (χ3v) is 4.98. The number of carbonyl (C=O) groups is 2. The normalized spacial score (nSPS) is 14.1. The molecule has 7 nitrogen and oxygen atoms in total. The zero-order valence-electron chi connectivity index (χ0n) is 17.0. The molecule has 3 rings (SSSR count). The van der Waals surface area contributed by atoms with Crippen LogP contribution in [-0.4, -0.2) is 43.2 Å². The van der Waals surface area contributed by atoms with Crippen LogP contribution in [0.5, 0.6) is 5.75 Å². The summed E-state index contributed by atoms with van der Waals surface area (Å²) in [7, 11) is 0. The third-order valence-electron chi connectivity index (χ3n) is 4.98. The smallest absolute Gasteiger partial charge is 0.321 e. The number of nitrogens with zero attached hydrogens (tertiary/aromatic N) is 1. The summed E-state index contributed by atoms with van der Waals surface area (Å²) in [6.45, 7) is 4.16. The van der Waals surface area contributed by atoms with E-state index in [-0.39, 0.29) is 17.9 Å². The number of rotatable bonds is 6. The first-order chi connectivity index (χ1) is 14.5. The van der Waals surface area contributed by atoms with E-state index in [4.69, 9.17) is 4.74 Å². The van der Waals surface area contributed by atoms with Gasteiger partial charge in [0.2, 0.25) is 0 Å². The molecule has 0 saturated carbocycles. The van der Waals surface area contributed by atoms with Crippen molar-refractivity contribution in [2.45, 2.75) is 19.8 Å². The number of amides is 4. The highest BCUT2D eigenvalue weighted by molar-refractivity contribution is 5.91.